The summed E-state index contributed by atoms with van der Waals surface area (Å²) in [6.45, 7) is 3.47. The van der Waals surface area contributed by atoms with Crippen LogP contribution in [0.15, 0.2) is 17.2 Å². The topological polar surface area (TPSA) is 97.2 Å². The number of Topliss-reactive ketones (excluding diaryl/α,β-unsaturated/α-hetero) is 1. The Balaban J connectivity index is 1.25. The Labute approximate surface area is 227 Å². The summed E-state index contributed by atoms with van der Waals surface area (Å²) in [5, 5.41) is 4.09. The van der Waals surface area contributed by atoms with E-state index < -0.39 is 11.5 Å². The van der Waals surface area contributed by atoms with Gasteiger partial charge in [0.05, 0.1) is 16.6 Å². The summed E-state index contributed by atoms with van der Waals surface area (Å²) >= 11 is 1.57. The van der Waals surface area contributed by atoms with Crippen LogP contribution in [0.4, 0.5) is 20.3 Å². The Kier molecular flexibility index (Phi) is 5.50. The van der Waals surface area contributed by atoms with Gasteiger partial charge in [-0.3, -0.25) is 19.0 Å². The number of halogens is 2. The molecule has 2 aliphatic heterocycles. The fraction of sp³-hybridized carbons (Fsp3) is 0.536. The molecule has 0 bridgehead atoms. The predicted molar refractivity (Wildman–Crippen MR) is 143 cm³/mol. The van der Waals surface area contributed by atoms with Crippen molar-refractivity contribution in [3.63, 3.8) is 0 Å². The Hall–Kier alpha value is -3.21. The van der Waals surface area contributed by atoms with Crippen LogP contribution in [-0.4, -0.2) is 50.1 Å². The molecule has 0 aromatic carbocycles. The van der Waals surface area contributed by atoms with E-state index in [9.17, 15) is 23.2 Å². The molecule has 0 radical (unpaired) electrons. The summed E-state index contributed by atoms with van der Waals surface area (Å²) in [7, 11) is 0. The summed E-state index contributed by atoms with van der Waals surface area (Å²) in [6, 6.07) is 1.66. The number of rotatable bonds is 3. The first-order valence-corrected chi connectivity index (χ1v) is 14.5. The number of carbonyl (C=O) groups excluding carboxylic acids is 2. The second kappa shape index (κ2) is 8.64. The Morgan fingerprint density at radius 1 is 1.15 bits per heavy atom. The van der Waals surface area contributed by atoms with Crippen molar-refractivity contribution in [1.29, 1.82) is 0 Å². The van der Waals surface area contributed by atoms with Gasteiger partial charge >= 0.3 is 0 Å². The van der Waals surface area contributed by atoms with Gasteiger partial charge in [0, 0.05) is 43.1 Å². The second-order valence-corrected chi connectivity index (χ2v) is 12.6. The number of hydrogen-bond donors (Lipinski definition) is 1. The molecule has 1 amide bonds. The maximum Gasteiger partial charge on any atom is 0.275 e. The molecule has 204 valence electrons. The van der Waals surface area contributed by atoms with Crippen LogP contribution in [0.3, 0.4) is 0 Å². The summed E-state index contributed by atoms with van der Waals surface area (Å²) in [4.78, 5) is 52.5. The number of likely N-dealkylation sites (tertiary alicyclic amines) is 1. The van der Waals surface area contributed by atoms with Crippen LogP contribution in [0, 0.1) is 12.8 Å². The third-order valence-corrected chi connectivity index (χ3v) is 10.3. The minimum atomic E-state index is -2.77. The number of hydrogen-bond acceptors (Lipinski definition) is 7. The fourth-order valence-corrected chi connectivity index (χ4v) is 8.18. The molecule has 5 heterocycles. The molecule has 0 unspecified atom stereocenters. The molecule has 1 saturated heterocycles. The van der Waals surface area contributed by atoms with Crippen molar-refractivity contribution in [2.24, 2.45) is 5.92 Å². The number of thiophene rings is 1. The number of ketones is 1. The van der Waals surface area contributed by atoms with Gasteiger partial charge in [-0.05, 0) is 62.6 Å². The molecular formula is C28H29F2N5O3S. The van der Waals surface area contributed by atoms with Gasteiger partial charge in [0.1, 0.15) is 22.7 Å². The first kappa shape index (κ1) is 24.8. The molecule has 3 aromatic heterocycles. The summed E-state index contributed by atoms with van der Waals surface area (Å²) in [5.41, 5.74) is 1.06. The van der Waals surface area contributed by atoms with E-state index in [0.717, 1.165) is 53.0 Å². The van der Waals surface area contributed by atoms with Gasteiger partial charge in [0.2, 0.25) is 11.8 Å². The monoisotopic (exact) mass is 553 g/mol. The van der Waals surface area contributed by atoms with E-state index in [1.165, 1.54) is 10.9 Å². The highest BCUT2D eigenvalue weighted by molar-refractivity contribution is 7.19. The lowest BCUT2D eigenvalue weighted by atomic mass is 9.78. The molecule has 1 N–H and O–H groups in total. The quantitative estimate of drug-likeness (QED) is 0.504. The van der Waals surface area contributed by atoms with Crippen molar-refractivity contribution in [3.05, 3.63) is 44.4 Å². The lowest BCUT2D eigenvalue weighted by molar-refractivity contribution is -0.139. The van der Waals surface area contributed by atoms with Gasteiger partial charge in [-0.1, -0.05) is 0 Å². The van der Waals surface area contributed by atoms with E-state index in [-0.39, 0.29) is 61.0 Å². The maximum atomic E-state index is 14.0. The normalized spacial score (nSPS) is 23.0. The van der Waals surface area contributed by atoms with Crippen LogP contribution in [0.5, 0.6) is 0 Å². The van der Waals surface area contributed by atoms with E-state index in [1.807, 2.05) is 4.90 Å². The lowest BCUT2D eigenvalue weighted by Crippen LogP contribution is -2.46. The number of carbonyl (C=O) groups is 2. The SMILES string of the molecule is Cc1cc(Nc2ncnc3sc4c(c23)CC[C@H](C(=O)N2CCC2)C4)c(=O)n2c1C(=O)CC21CCC(F)(F)CC1. The van der Waals surface area contributed by atoms with Gasteiger partial charge in [-0.2, -0.15) is 0 Å². The van der Waals surface area contributed by atoms with Crippen molar-refractivity contribution in [3.8, 4) is 0 Å². The Morgan fingerprint density at radius 2 is 1.92 bits per heavy atom. The highest BCUT2D eigenvalue weighted by Crippen LogP contribution is 2.48. The number of nitrogens with zero attached hydrogens (tertiary/aromatic N) is 4. The molecular weight excluding hydrogens is 524 g/mol. The van der Waals surface area contributed by atoms with E-state index >= 15 is 0 Å². The van der Waals surface area contributed by atoms with E-state index in [1.54, 1.807) is 24.3 Å². The van der Waals surface area contributed by atoms with Crippen LogP contribution >= 0.6 is 11.3 Å². The predicted octanol–water partition coefficient (Wildman–Crippen LogP) is 4.73. The zero-order valence-electron chi connectivity index (χ0n) is 21.7. The third-order valence-electron chi connectivity index (χ3n) is 9.15. The summed E-state index contributed by atoms with van der Waals surface area (Å²) in [6.07, 6.45) is 4.30. The van der Waals surface area contributed by atoms with Crippen molar-refractivity contribution in [2.75, 3.05) is 18.4 Å². The molecule has 2 aliphatic carbocycles. The summed E-state index contributed by atoms with van der Waals surface area (Å²) in [5.74, 6) is -2.21. The smallest absolute Gasteiger partial charge is 0.275 e. The number of aryl methyl sites for hydroxylation is 2. The van der Waals surface area contributed by atoms with Crippen LogP contribution in [-0.2, 0) is 23.2 Å². The minimum absolute atomic E-state index is 0.0177. The number of aromatic nitrogens is 3. The Bertz CT molecular complexity index is 1600. The zero-order chi connectivity index (χ0) is 27.1. The minimum Gasteiger partial charge on any atom is -0.342 e. The molecule has 39 heavy (non-hydrogen) atoms. The zero-order valence-corrected chi connectivity index (χ0v) is 22.5. The van der Waals surface area contributed by atoms with Crippen molar-refractivity contribution >= 4 is 44.7 Å². The standard InChI is InChI=1S/C28H29F2N5O3S/c1-15-11-18(26(38)35-22(15)19(36)13-27(35)5-7-28(29,30)8-6-27)33-23-21-17-4-3-16(25(37)34-9-2-10-34)12-20(17)39-24(21)32-14-31-23/h11,14,16H,2-10,12-13H2,1H3,(H,31,32,33)/t16-/m0/s1. The first-order valence-electron chi connectivity index (χ1n) is 13.7. The van der Waals surface area contributed by atoms with E-state index in [0.29, 0.717) is 23.5 Å². The van der Waals surface area contributed by atoms with Gasteiger partial charge in [-0.25, -0.2) is 18.7 Å². The lowest BCUT2D eigenvalue weighted by Gasteiger charge is -2.38. The van der Waals surface area contributed by atoms with Crippen molar-refractivity contribution in [1.82, 2.24) is 19.4 Å². The molecule has 1 spiro atoms. The van der Waals surface area contributed by atoms with Gasteiger partial charge in [0.15, 0.2) is 5.78 Å². The van der Waals surface area contributed by atoms with Gasteiger partial charge < -0.3 is 10.2 Å². The number of alkyl halides is 2. The fourth-order valence-electron chi connectivity index (χ4n) is 6.91. The number of amides is 1. The van der Waals surface area contributed by atoms with Gasteiger partial charge in [-0.15, -0.1) is 11.3 Å². The molecule has 1 atom stereocenters. The number of pyridine rings is 1. The average Bonchev–Trinajstić information content (AvgIpc) is 3.38. The van der Waals surface area contributed by atoms with Crippen LogP contribution in [0.1, 0.15) is 71.4 Å². The molecule has 2 fully saturated rings. The largest absolute Gasteiger partial charge is 0.342 e. The van der Waals surface area contributed by atoms with E-state index in [2.05, 4.69) is 15.3 Å². The first-order chi connectivity index (χ1) is 18.7. The van der Waals surface area contributed by atoms with Gasteiger partial charge in [0.25, 0.3) is 5.56 Å². The Morgan fingerprint density at radius 3 is 2.64 bits per heavy atom. The maximum absolute atomic E-state index is 14.0. The van der Waals surface area contributed by atoms with Crippen molar-refractivity contribution in [2.45, 2.75) is 76.2 Å². The molecule has 7 rings (SSSR count). The third kappa shape index (κ3) is 3.83. The molecule has 1 saturated carbocycles. The highest BCUT2D eigenvalue weighted by Gasteiger charge is 2.51. The van der Waals surface area contributed by atoms with E-state index in [4.69, 9.17) is 0 Å². The summed E-state index contributed by atoms with van der Waals surface area (Å²) < 4.78 is 29.5. The van der Waals surface area contributed by atoms with Crippen LogP contribution in [0.25, 0.3) is 10.2 Å². The highest BCUT2D eigenvalue weighted by atomic mass is 32.1. The number of anilines is 2. The molecule has 11 heteroatoms. The average molecular weight is 554 g/mol. The van der Waals surface area contributed by atoms with Crippen molar-refractivity contribution < 1.29 is 18.4 Å². The number of fused-ring (bicyclic) bond motifs is 5. The molecule has 3 aromatic rings. The molecule has 8 nitrogen and oxygen atoms in total. The molecule has 4 aliphatic rings. The number of nitrogens with one attached hydrogen (secondary N) is 1. The second-order valence-electron chi connectivity index (χ2n) is 11.6. The van der Waals surface area contributed by atoms with Crippen LogP contribution in [0.2, 0.25) is 0 Å². The van der Waals surface area contributed by atoms with Crippen LogP contribution < -0.4 is 10.9 Å².